The molecule has 1 aromatic rings. The van der Waals surface area contributed by atoms with Gasteiger partial charge in [0.25, 0.3) is 0 Å². The van der Waals surface area contributed by atoms with Crippen LogP contribution in [0.3, 0.4) is 0 Å². The van der Waals surface area contributed by atoms with Crippen molar-refractivity contribution in [1.82, 2.24) is 14.5 Å². The van der Waals surface area contributed by atoms with Crippen LogP contribution >= 0.6 is 0 Å². The van der Waals surface area contributed by atoms with Crippen molar-refractivity contribution in [3.63, 3.8) is 0 Å². The second kappa shape index (κ2) is 5.72. The predicted octanol–water partition coefficient (Wildman–Crippen LogP) is 0.565. The summed E-state index contributed by atoms with van der Waals surface area (Å²) in [6.45, 7) is 8.66. The Morgan fingerprint density at radius 1 is 1.24 bits per heavy atom. The molecule has 0 amide bonds. The van der Waals surface area contributed by atoms with Gasteiger partial charge in [0.1, 0.15) is 16.4 Å². The molecule has 3 heterocycles. The summed E-state index contributed by atoms with van der Waals surface area (Å²) in [5.41, 5.74) is 0. The SMILES string of the molecule is Cc1cc(S(=O)(=O)N2CCC(N3CCNCC3)C2)c(C)o1. The predicted molar refractivity (Wildman–Crippen MR) is 79.8 cm³/mol. The number of furan rings is 1. The summed E-state index contributed by atoms with van der Waals surface area (Å²) >= 11 is 0. The number of hydrogen-bond acceptors (Lipinski definition) is 5. The molecule has 1 aromatic heterocycles. The number of sulfonamides is 1. The molecule has 1 atom stereocenters. The lowest BCUT2D eigenvalue weighted by molar-refractivity contribution is 0.179. The number of nitrogens with zero attached hydrogens (tertiary/aromatic N) is 2. The molecule has 0 aliphatic carbocycles. The Kier molecular flexibility index (Phi) is 4.09. The van der Waals surface area contributed by atoms with Gasteiger partial charge in [0.2, 0.25) is 10.0 Å². The van der Waals surface area contributed by atoms with Gasteiger partial charge in [-0.05, 0) is 26.3 Å². The monoisotopic (exact) mass is 313 g/mol. The van der Waals surface area contributed by atoms with Gasteiger partial charge in [-0.1, -0.05) is 0 Å². The largest absolute Gasteiger partial charge is 0.465 e. The topological polar surface area (TPSA) is 65.8 Å². The van der Waals surface area contributed by atoms with Gasteiger partial charge >= 0.3 is 0 Å². The summed E-state index contributed by atoms with van der Waals surface area (Å²) < 4.78 is 32.5. The average Bonchev–Trinajstić information content (AvgIpc) is 3.07. The van der Waals surface area contributed by atoms with Crippen LogP contribution in [0.5, 0.6) is 0 Å². The zero-order valence-electron chi connectivity index (χ0n) is 12.6. The zero-order chi connectivity index (χ0) is 15.0. The summed E-state index contributed by atoms with van der Waals surface area (Å²) in [6, 6.07) is 1.97. The van der Waals surface area contributed by atoms with Gasteiger partial charge < -0.3 is 9.73 Å². The first-order chi connectivity index (χ1) is 9.98. The number of rotatable bonds is 3. The van der Waals surface area contributed by atoms with Crippen LogP contribution in [0.15, 0.2) is 15.4 Å². The smallest absolute Gasteiger partial charge is 0.246 e. The molecule has 0 bridgehead atoms. The van der Waals surface area contributed by atoms with E-state index in [0.29, 0.717) is 35.5 Å². The summed E-state index contributed by atoms with van der Waals surface area (Å²) in [4.78, 5) is 2.72. The highest BCUT2D eigenvalue weighted by Crippen LogP contribution is 2.27. The van der Waals surface area contributed by atoms with Crippen LogP contribution in [-0.2, 0) is 10.0 Å². The van der Waals surface area contributed by atoms with E-state index < -0.39 is 10.0 Å². The number of piperazine rings is 1. The molecule has 6 nitrogen and oxygen atoms in total. The molecule has 21 heavy (non-hydrogen) atoms. The van der Waals surface area contributed by atoms with Crippen LogP contribution in [0.25, 0.3) is 0 Å². The van der Waals surface area contributed by atoms with E-state index in [1.54, 1.807) is 24.2 Å². The van der Waals surface area contributed by atoms with E-state index in [1.165, 1.54) is 0 Å². The van der Waals surface area contributed by atoms with E-state index in [0.717, 1.165) is 32.6 Å². The van der Waals surface area contributed by atoms with Gasteiger partial charge in [-0.2, -0.15) is 4.31 Å². The van der Waals surface area contributed by atoms with Gasteiger partial charge in [-0.3, -0.25) is 4.90 Å². The van der Waals surface area contributed by atoms with Crippen molar-refractivity contribution in [1.29, 1.82) is 0 Å². The second-order valence-corrected chi connectivity index (χ2v) is 7.78. The maximum Gasteiger partial charge on any atom is 0.246 e. The number of nitrogens with one attached hydrogen (secondary N) is 1. The molecule has 3 rings (SSSR count). The lowest BCUT2D eigenvalue weighted by atomic mass is 10.2. The average molecular weight is 313 g/mol. The lowest BCUT2D eigenvalue weighted by Gasteiger charge is -2.32. The first kappa shape index (κ1) is 15.0. The van der Waals surface area contributed by atoms with E-state index in [1.807, 2.05) is 0 Å². The molecule has 0 spiro atoms. The highest BCUT2D eigenvalue weighted by atomic mass is 32.2. The summed E-state index contributed by atoms with van der Waals surface area (Å²) in [5, 5.41) is 3.33. The molecule has 7 heteroatoms. The number of aryl methyl sites for hydroxylation is 2. The van der Waals surface area contributed by atoms with Gasteiger partial charge in [-0.15, -0.1) is 0 Å². The van der Waals surface area contributed by atoms with Crippen molar-refractivity contribution in [2.45, 2.75) is 31.2 Å². The molecular formula is C14H23N3O3S. The third kappa shape index (κ3) is 2.88. The van der Waals surface area contributed by atoms with Crippen LogP contribution < -0.4 is 5.32 Å². The molecule has 1 N–H and O–H groups in total. The molecule has 0 radical (unpaired) electrons. The second-order valence-electron chi connectivity index (χ2n) is 5.87. The van der Waals surface area contributed by atoms with Gasteiger partial charge in [0.05, 0.1) is 0 Å². The third-order valence-electron chi connectivity index (χ3n) is 4.41. The Bertz CT molecular complexity index is 605. The van der Waals surface area contributed by atoms with E-state index in [-0.39, 0.29) is 0 Å². The van der Waals surface area contributed by atoms with Crippen LogP contribution in [0, 0.1) is 13.8 Å². The minimum absolute atomic E-state index is 0.320. The summed E-state index contributed by atoms with van der Waals surface area (Å²) in [6.07, 6.45) is 0.912. The minimum atomic E-state index is -3.42. The molecule has 2 aliphatic rings. The van der Waals surface area contributed by atoms with Gasteiger partial charge in [0.15, 0.2) is 0 Å². The standard InChI is InChI=1S/C14H23N3O3S/c1-11-9-14(12(2)20-11)21(18,19)17-6-3-13(10-17)16-7-4-15-5-8-16/h9,13,15H,3-8,10H2,1-2H3. The van der Waals surface area contributed by atoms with Crippen molar-refractivity contribution in [2.24, 2.45) is 0 Å². The first-order valence-electron chi connectivity index (χ1n) is 7.50. The van der Waals surface area contributed by atoms with E-state index >= 15 is 0 Å². The summed E-state index contributed by atoms with van der Waals surface area (Å²) in [7, 11) is -3.42. The van der Waals surface area contributed by atoms with Crippen LogP contribution in [0.4, 0.5) is 0 Å². The highest BCUT2D eigenvalue weighted by Gasteiger charge is 2.36. The van der Waals surface area contributed by atoms with Crippen molar-refractivity contribution in [2.75, 3.05) is 39.3 Å². The molecule has 2 saturated heterocycles. The van der Waals surface area contributed by atoms with E-state index in [9.17, 15) is 8.42 Å². The maximum absolute atomic E-state index is 12.7. The Balaban J connectivity index is 1.74. The normalized spacial score (nSPS) is 25.5. The van der Waals surface area contributed by atoms with E-state index in [4.69, 9.17) is 4.42 Å². The fourth-order valence-corrected chi connectivity index (χ4v) is 4.99. The van der Waals surface area contributed by atoms with Crippen molar-refractivity contribution < 1.29 is 12.8 Å². The Hall–Kier alpha value is -0.890. The Morgan fingerprint density at radius 2 is 1.95 bits per heavy atom. The molecule has 0 aromatic carbocycles. The molecule has 1 unspecified atom stereocenters. The van der Waals surface area contributed by atoms with Crippen molar-refractivity contribution in [3.05, 3.63) is 17.6 Å². The summed E-state index contributed by atoms with van der Waals surface area (Å²) in [5.74, 6) is 1.13. The molecule has 118 valence electrons. The Labute approximate surface area is 126 Å². The molecule has 2 aliphatic heterocycles. The highest BCUT2D eigenvalue weighted by molar-refractivity contribution is 7.89. The lowest BCUT2D eigenvalue weighted by Crippen LogP contribution is -2.49. The fourth-order valence-electron chi connectivity index (χ4n) is 3.28. The first-order valence-corrected chi connectivity index (χ1v) is 8.94. The maximum atomic E-state index is 12.7. The quantitative estimate of drug-likeness (QED) is 0.883. The fraction of sp³-hybridized carbons (Fsp3) is 0.714. The van der Waals surface area contributed by atoms with E-state index in [2.05, 4.69) is 10.2 Å². The Morgan fingerprint density at radius 3 is 2.57 bits per heavy atom. The van der Waals surface area contributed by atoms with Crippen molar-refractivity contribution in [3.8, 4) is 0 Å². The molecular weight excluding hydrogens is 290 g/mol. The van der Waals surface area contributed by atoms with Crippen molar-refractivity contribution >= 4 is 10.0 Å². The minimum Gasteiger partial charge on any atom is -0.465 e. The van der Waals surface area contributed by atoms with Gasteiger partial charge in [-0.25, -0.2) is 8.42 Å². The van der Waals surface area contributed by atoms with Crippen LogP contribution in [-0.4, -0.2) is 62.9 Å². The zero-order valence-corrected chi connectivity index (χ0v) is 13.4. The molecule has 2 fully saturated rings. The molecule has 0 saturated carbocycles. The third-order valence-corrected chi connectivity index (χ3v) is 6.38. The number of hydrogen-bond donors (Lipinski definition) is 1. The van der Waals surface area contributed by atoms with Crippen LogP contribution in [0.2, 0.25) is 0 Å². The van der Waals surface area contributed by atoms with Crippen LogP contribution in [0.1, 0.15) is 17.9 Å². The van der Waals surface area contributed by atoms with Gasteiger partial charge in [0, 0.05) is 45.3 Å².